The molecule has 3 N–H and O–H groups in total. The Morgan fingerprint density at radius 1 is 1.21 bits per heavy atom. The average Bonchev–Trinajstić information content (AvgIpc) is 2.47. The molecular weight excluding hydrogens is 242 g/mol. The molecule has 1 aliphatic heterocycles. The number of carbonyl (C=O) groups is 2. The molecule has 0 aromatic heterocycles. The van der Waals surface area contributed by atoms with Crippen LogP contribution < -0.4 is 11.3 Å². The van der Waals surface area contributed by atoms with E-state index < -0.39 is 11.8 Å². The zero-order valence-electron chi connectivity index (χ0n) is 10.8. The Morgan fingerprint density at radius 3 is 2.42 bits per heavy atom. The molecule has 0 atom stereocenters. The van der Waals surface area contributed by atoms with E-state index in [4.69, 9.17) is 5.84 Å². The smallest absolute Gasteiger partial charge is 0.323 e. The molecule has 5 heteroatoms. The Kier molecular flexibility index (Phi) is 4.52. The number of nitrogens with two attached hydrogens (primary N) is 1. The van der Waals surface area contributed by atoms with Gasteiger partial charge in [0.05, 0.1) is 0 Å². The lowest BCUT2D eigenvalue weighted by atomic mass is 9.90. The molecular formula is C14H19N3O2. The van der Waals surface area contributed by atoms with E-state index in [0.717, 1.165) is 19.3 Å². The van der Waals surface area contributed by atoms with Gasteiger partial charge in [-0.1, -0.05) is 30.3 Å². The summed E-state index contributed by atoms with van der Waals surface area (Å²) >= 11 is 0. The Morgan fingerprint density at radius 2 is 1.84 bits per heavy atom. The molecule has 1 aliphatic rings. The number of carbonyl (C=O) groups excluding carboxylic acids is 2. The van der Waals surface area contributed by atoms with E-state index in [9.17, 15) is 9.59 Å². The highest BCUT2D eigenvalue weighted by atomic mass is 16.2. The lowest BCUT2D eigenvalue weighted by Gasteiger charge is -2.31. The van der Waals surface area contributed by atoms with Crippen molar-refractivity contribution in [3.63, 3.8) is 0 Å². The number of hydrazine groups is 1. The predicted molar refractivity (Wildman–Crippen MR) is 71.8 cm³/mol. The third-order valence-corrected chi connectivity index (χ3v) is 3.59. The summed E-state index contributed by atoms with van der Waals surface area (Å²) in [6, 6.07) is 10.3. The van der Waals surface area contributed by atoms with Crippen molar-refractivity contribution in [3.8, 4) is 0 Å². The predicted octanol–water partition coefficient (Wildman–Crippen LogP) is 0.458. The summed E-state index contributed by atoms with van der Waals surface area (Å²) in [5.74, 6) is 4.28. The van der Waals surface area contributed by atoms with Crippen LogP contribution in [0.3, 0.4) is 0 Å². The zero-order chi connectivity index (χ0) is 13.7. The molecule has 19 heavy (non-hydrogen) atoms. The van der Waals surface area contributed by atoms with Gasteiger partial charge in [-0.05, 0) is 30.7 Å². The lowest BCUT2D eigenvalue weighted by Crippen LogP contribution is -2.48. The van der Waals surface area contributed by atoms with Crippen LogP contribution in [0.4, 0.5) is 0 Å². The van der Waals surface area contributed by atoms with Gasteiger partial charge in [-0.25, -0.2) is 5.84 Å². The molecule has 0 saturated carbocycles. The molecule has 0 bridgehead atoms. The topological polar surface area (TPSA) is 75.4 Å². The molecule has 1 saturated heterocycles. The minimum Gasteiger partial charge on any atom is -0.334 e. The van der Waals surface area contributed by atoms with Crippen molar-refractivity contribution < 1.29 is 9.59 Å². The van der Waals surface area contributed by atoms with Crippen LogP contribution in [0.25, 0.3) is 0 Å². The molecule has 102 valence electrons. The van der Waals surface area contributed by atoms with Crippen molar-refractivity contribution in [3.05, 3.63) is 35.9 Å². The second-order valence-corrected chi connectivity index (χ2v) is 4.90. The molecule has 0 aliphatic carbocycles. The number of hydrogen-bond donors (Lipinski definition) is 2. The molecule has 1 heterocycles. The number of nitrogens with zero attached hydrogens (tertiary/aromatic N) is 1. The van der Waals surface area contributed by atoms with Crippen LogP contribution in [0.15, 0.2) is 30.3 Å². The highest BCUT2D eigenvalue weighted by molar-refractivity contribution is 6.34. The van der Waals surface area contributed by atoms with E-state index in [0.29, 0.717) is 19.0 Å². The van der Waals surface area contributed by atoms with Gasteiger partial charge >= 0.3 is 11.8 Å². The Balaban J connectivity index is 1.83. The number of piperidine rings is 1. The Hall–Kier alpha value is -1.88. The molecule has 1 aromatic carbocycles. The normalized spacial score (nSPS) is 16.2. The molecule has 0 unspecified atom stereocenters. The monoisotopic (exact) mass is 261 g/mol. The van der Waals surface area contributed by atoms with Crippen LogP contribution in [0, 0.1) is 5.92 Å². The third-order valence-electron chi connectivity index (χ3n) is 3.59. The summed E-state index contributed by atoms with van der Waals surface area (Å²) in [5, 5.41) is 0. The van der Waals surface area contributed by atoms with E-state index in [1.54, 1.807) is 4.90 Å². The minimum atomic E-state index is -0.735. The molecule has 2 rings (SSSR count). The van der Waals surface area contributed by atoms with Gasteiger partial charge in [-0.2, -0.15) is 0 Å². The molecule has 2 amide bonds. The van der Waals surface area contributed by atoms with Crippen LogP contribution >= 0.6 is 0 Å². The van der Waals surface area contributed by atoms with Crippen molar-refractivity contribution in [2.45, 2.75) is 19.3 Å². The summed E-state index contributed by atoms with van der Waals surface area (Å²) in [6.45, 7) is 1.26. The van der Waals surface area contributed by atoms with Gasteiger partial charge < -0.3 is 4.90 Å². The van der Waals surface area contributed by atoms with E-state index in [-0.39, 0.29) is 0 Å². The Bertz CT molecular complexity index is 439. The molecule has 0 radical (unpaired) electrons. The first-order chi connectivity index (χ1) is 9.20. The first kappa shape index (κ1) is 13.5. The van der Waals surface area contributed by atoms with Gasteiger partial charge in [0, 0.05) is 13.1 Å². The largest absolute Gasteiger partial charge is 0.334 e. The van der Waals surface area contributed by atoms with Crippen LogP contribution in [0.1, 0.15) is 18.4 Å². The fourth-order valence-corrected chi connectivity index (χ4v) is 2.49. The van der Waals surface area contributed by atoms with Gasteiger partial charge in [0.25, 0.3) is 0 Å². The number of amides is 2. The highest BCUT2D eigenvalue weighted by Gasteiger charge is 2.26. The van der Waals surface area contributed by atoms with Crippen molar-refractivity contribution in [2.24, 2.45) is 11.8 Å². The zero-order valence-corrected chi connectivity index (χ0v) is 10.8. The molecule has 1 fully saturated rings. The van der Waals surface area contributed by atoms with E-state index in [2.05, 4.69) is 12.1 Å². The van der Waals surface area contributed by atoms with Gasteiger partial charge in [-0.15, -0.1) is 0 Å². The van der Waals surface area contributed by atoms with Gasteiger partial charge in [0.2, 0.25) is 0 Å². The maximum absolute atomic E-state index is 11.6. The van der Waals surface area contributed by atoms with Crippen LogP contribution in [0.2, 0.25) is 0 Å². The Labute approximate surface area is 112 Å². The molecule has 1 aromatic rings. The number of benzene rings is 1. The number of rotatable bonds is 2. The van der Waals surface area contributed by atoms with Crippen molar-refractivity contribution in [2.75, 3.05) is 13.1 Å². The quantitative estimate of drug-likeness (QED) is 0.351. The van der Waals surface area contributed by atoms with E-state index in [1.807, 2.05) is 23.6 Å². The summed E-state index contributed by atoms with van der Waals surface area (Å²) in [4.78, 5) is 24.4. The second-order valence-electron chi connectivity index (χ2n) is 4.90. The average molecular weight is 261 g/mol. The maximum atomic E-state index is 11.6. The van der Waals surface area contributed by atoms with E-state index in [1.165, 1.54) is 5.56 Å². The summed E-state index contributed by atoms with van der Waals surface area (Å²) in [6.07, 6.45) is 2.89. The van der Waals surface area contributed by atoms with Gasteiger partial charge in [0.15, 0.2) is 0 Å². The SMILES string of the molecule is NNC(=O)C(=O)N1CCC(Cc2ccccc2)CC1. The van der Waals surface area contributed by atoms with Crippen molar-refractivity contribution >= 4 is 11.8 Å². The third kappa shape index (κ3) is 3.54. The van der Waals surface area contributed by atoms with Crippen molar-refractivity contribution in [1.29, 1.82) is 0 Å². The van der Waals surface area contributed by atoms with Gasteiger partial charge in [-0.3, -0.25) is 15.0 Å². The van der Waals surface area contributed by atoms with Crippen LogP contribution in [-0.4, -0.2) is 29.8 Å². The molecule has 0 spiro atoms. The van der Waals surface area contributed by atoms with Gasteiger partial charge in [0.1, 0.15) is 0 Å². The lowest BCUT2D eigenvalue weighted by molar-refractivity contribution is -0.146. The second kappa shape index (κ2) is 6.33. The van der Waals surface area contributed by atoms with Crippen molar-refractivity contribution in [1.82, 2.24) is 10.3 Å². The fourth-order valence-electron chi connectivity index (χ4n) is 2.49. The minimum absolute atomic E-state index is 0.527. The number of likely N-dealkylation sites (tertiary alicyclic amines) is 1. The first-order valence-corrected chi connectivity index (χ1v) is 6.54. The summed E-state index contributed by atoms with van der Waals surface area (Å²) < 4.78 is 0. The fraction of sp³-hybridized carbons (Fsp3) is 0.429. The van der Waals surface area contributed by atoms with Crippen LogP contribution in [0.5, 0.6) is 0 Å². The first-order valence-electron chi connectivity index (χ1n) is 6.54. The van der Waals surface area contributed by atoms with E-state index >= 15 is 0 Å². The molecule has 5 nitrogen and oxygen atoms in total. The highest BCUT2D eigenvalue weighted by Crippen LogP contribution is 2.21. The maximum Gasteiger partial charge on any atom is 0.323 e. The summed E-state index contributed by atoms with van der Waals surface area (Å²) in [7, 11) is 0. The number of hydrogen-bond acceptors (Lipinski definition) is 3. The van der Waals surface area contributed by atoms with Crippen LogP contribution in [-0.2, 0) is 16.0 Å². The standard InChI is InChI=1S/C14H19N3O2/c15-16-13(18)14(19)17-8-6-12(7-9-17)10-11-4-2-1-3-5-11/h1-5,12H,6-10,15H2,(H,16,18). The number of nitrogens with one attached hydrogen (secondary N) is 1. The summed E-state index contributed by atoms with van der Waals surface area (Å²) in [5.41, 5.74) is 3.21.